The molecule has 8 heteroatoms. The van der Waals surface area contributed by atoms with Crippen molar-refractivity contribution in [2.24, 2.45) is 0 Å². The number of amides is 1. The first-order chi connectivity index (χ1) is 15.7. The molecule has 0 unspecified atom stereocenters. The summed E-state index contributed by atoms with van der Waals surface area (Å²) in [6, 6.07) is 14.9. The molecule has 5 rings (SSSR count). The summed E-state index contributed by atoms with van der Waals surface area (Å²) in [6.07, 6.45) is 7.26. The van der Waals surface area contributed by atoms with E-state index in [1.165, 1.54) is 4.68 Å². The molecule has 0 aliphatic carbocycles. The summed E-state index contributed by atoms with van der Waals surface area (Å²) < 4.78 is 3.48. The van der Waals surface area contributed by atoms with Crippen LogP contribution in [0.3, 0.4) is 0 Å². The van der Waals surface area contributed by atoms with Crippen LogP contribution in [0, 0.1) is 0 Å². The quantitative estimate of drug-likeness (QED) is 0.486. The Bertz CT molecular complexity index is 1260. The van der Waals surface area contributed by atoms with Crippen LogP contribution in [0.25, 0.3) is 16.8 Å². The van der Waals surface area contributed by atoms with Gasteiger partial charge in [-0.3, -0.25) is 19.5 Å². The Kier molecular flexibility index (Phi) is 5.51. The van der Waals surface area contributed by atoms with Crippen LogP contribution in [0.1, 0.15) is 10.4 Å². The van der Waals surface area contributed by atoms with Crippen molar-refractivity contribution in [2.45, 2.75) is 6.54 Å². The highest BCUT2D eigenvalue weighted by atomic mass is 16.2. The van der Waals surface area contributed by atoms with Crippen molar-refractivity contribution in [3.05, 3.63) is 89.2 Å². The zero-order chi connectivity index (χ0) is 21.9. The van der Waals surface area contributed by atoms with Crippen molar-refractivity contribution in [1.82, 2.24) is 29.0 Å². The number of fused-ring (bicyclic) bond motifs is 1. The SMILES string of the molecule is O=C(c1cc2ccccn2c1)N1CCN(CCn2nc(-c3ccncc3)ccc2=O)CC1. The number of aromatic nitrogens is 4. The molecule has 4 aromatic rings. The largest absolute Gasteiger partial charge is 0.336 e. The first-order valence-electron chi connectivity index (χ1n) is 10.7. The van der Waals surface area contributed by atoms with E-state index in [1.54, 1.807) is 24.5 Å². The van der Waals surface area contributed by atoms with E-state index in [9.17, 15) is 9.59 Å². The van der Waals surface area contributed by atoms with Crippen LogP contribution in [0.4, 0.5) is 0 Å². The zero-order valence-electron chi connectivity index (χ0n) is 17.7. The Morgan fingerprint density at radius 1 is 0.938 bits per heavy atom. The van der Waals surface area contributed by atoms with Gasteiger partial charge in [-0.05, 0) is 36.4 Å². The molecule has 8 nitrogen and oxygen atoms in total. The van der Waals surface area contributed by atoms with Gasteiger partial charge in [-0.2, -0.15) is 5.10 Å². The monoisotopic (exact) mass is 428 g/mol. The summed E-state index contributed by atoms with van der Waals surface area (Å²) in [5.74, 6) is 0.0660. The third-order valence-corrected chi connectivity index (χ3v) is 5.88. The second-order valence-electron chi connectivity index (χ2n) is 7.91. The Balaban J connectivity index is 1.18. The molecule has 4 aromatic heterocycles. The first kappa shape index (κ1) is 20.1. The topological polar surface area (TPSA) is 75.7 Å². The van der Waals surface area contributed by atoms with Gasteiger partial charge in [-0.1, -0.05) is 6.07 Å². The minimum Gasteiger partial charge on any atom is -0.336 e. The van der Waals surface area contributed by atoms with Gasteiger partial charge in [0, 0.05) is 74.7 Å². The van der Waals surface area contributed by atoms with E-state index in [2.05, 4.69) is 15.0 Å². The second kappa shape index (κ2) is 8.76. The number of carbonyl (C=O) groups is 1. The van der Waals surface area contributed by atoms with Crippen LogP contribution >= 0.6 is 0 Å². The fraction of sp³-hybridized carbons (Fsp3) is 0.250. The van der Waals surface area contributed by atoms with Crippen LogP contribution in [0.2, 0.25) is 0 Å². The molecule has 0 N–H and O–H groups in total. The van der Waals surface area contributed by atoms with Crippen LogP contribution in [-0.2, 0) is 6.54 Å². The van der Waals surface area contributed by atoms with Gasteiger partial charge in [0.15, 0.2) is 0 Å². The average Bonchev–Trinajstić information content (AvgIpc) is 3.28. The predicted octanol–water partition coefficient (Wildman–Crippen LogP) is 2.02. The van der Waals surface area contributed by atoms with Crippen molar-refractivity contribution in [3.63, 3.8) is 0 Å². The fourth-order valence-electron chi connectivity index (χ4n) is 4.05. The first-order valence-corrected chi connectivity index (χ1v) is 10.7. The molecule has 0 radical (unpaired) electrons. The molecule has 32 heavy (non-hydrogen) atoms. The smallest absolute Gasteiger partial charge is 0.266 e. The summed E-state index contributed by atoms with van der Waals surface area (Å²) in [5, 5.41) is 4.51. The highest BCUT2D eigenvalue weighted by Gasteiger charge is 2.23. The number of hydrogen-bond donors (Lipinski definition) is 0. The maximum absolute atomic E-state index is 12.9. The van der Waals surface area contributed by atoms with Gasteiger partial charge in [0.05, 0.1) is 17.8 Å². The lowest BCUT2D eigenvalue weighted by atomic mass is 10.2. The molecular weight excluding hydrogens is 404 g/mol. The molecule has 0 atom stereocenters. The van der Waals surface area contributed by atoms with Gasteiger partial charge in [0.1, 0.15) is 0 Å². The summed E-state index contributed by atoms with van der Waals surface area (Å²) in [7, 11) is 0. The zero-order valence-corrected chi connectivity index (χ0v) is 17.7. The van der Waals surface area contributed by atoms with Crippen LogP contribution in [-0.4, -0.2) is 67.6 Å². The molecule has 1 amide bonds. The van der Waals surface area contributed by atoms with Gasteiger partial charge in [-0.25, -0.2) is 4.68 Å². The Labute approximate surface area is 185 Å². The molecule has 162 valence electrons. The number of pyridine rings is 2. The number of piperazine rings is 1. The molecule has 1 fully saturated rings. The van der Waals surface area contributed by atoms with E-state index in [0.29, 0.717) is 31.7 Å². The van der Waals surface area contributed by atoms with Gasteiger partial charge in [0.2, 0.25) is 0 Å². The molecule has 0 aromatic carbocycles. The van der Waals surface area contributed by atoms with Gasteiger partial charge >= 0.3 is 0 Å². The highest BCUT2D eigenvalue weighted by molar-refractivity contribution is 5.95. The highest BCUT2D eigenvalue weighted by Crippen LogP contribution is 2.15. The number of carbonyl (C=O) groups excluding carboxylic acids is 1. The Morgan fingerprint density at radius 3 is 2.53 bits per heavy atom. The van der Waals surface area contributed by atoms with Crippen LogP contribution in [0.5, 0.6) is 0 Å². The van der Waals surface area contributed by atoms with E-state index >= 15 is 0 Å². The van der Waals surface area contributed by atoms with Gasteiger partial charge in [0.25, 0.3) is 11.5 Å². The fourth-order valence-corrected chi connectivity index (χ4v) is 4.05. The van der Waals surface area contributed by atoms with Gasteiger partial charge in [-0.15, -0.1) is 0 Å². The van der Waals surface area contributed by atoms with Crippen molar-refractivity contribution in [1.29, 1.82) is 0 Å². The van der Waals surface area contributed by atoms with E-state index in [0.717, 1.165) is 29.9 Å². The minimum atomic E-state index is -0.114. The van der Waals surface area contributed by atoms with Crippen LogP contribution in [0.15, 0.2) is 78.1 Å². The average molecular weight is 428 g/mol. The lowest BCUT2D eigenvalue weighted by Crippen LogP contribution is -2.49. The summed E-state index contributed by atoms with van der Waals surface area (Å²) in [4.78, 5) is 33.4. The third-order valence-electron chi connectivity index (χ3n) is 5.88. The lowest BCUT2D eigenvalue weighted by Gasteiger charge is -2.34. The number of rotatable bonds is 5. The third kappa shape index (κ3) is 4.17. The molecule has 1 aliphatic rings. The molecule has 0 saturated carbocycles. The van der Waals surface area contributed by atoms with Crippen molar-refractivity contribution in [2.75, 3.05) is 32.7 Å². The molecule has 1 aliphatic heterocycles. The van der Waals surface area contributed by atoms with Crippen molar-refractivity contribution in [3.8, 4) is 11.3 Å². The van der Waals surface area contributed by atoms with Gasteiger partial charge < -0.3 is 9.30 Å². The Morgan fingerprint density at radius 2 is 1.75 bits per heavy atom. The Hall–Kier alpha value is -3.78. The summed E-state index contributed by atoms with van der Waals surface area (Å²) in [5.41, 5.74) is 3.30. The van der Waals surface area contributed by atoms with Crippen LogP contribution < -0.4 is 5.56 Å². The molecule has 1 saturated heterocycles. The van der Waals surface area contributed by atoms with E-state index in [-0.39, 0.29) is 11.5 Å². The summed E-state index contributed by atoms with van der Waals surface area (Å²) in [6.45, 7) is 4.12. The number of hydrogen-bond acceptors (Lipinski definition) is 5. The molecule has 0 spiro atoms. The molecular formula is C24H24N6O2. The van der Waals surface area contributed by atoms with E-state index in [1.807, 2.05) is 58.1 Å². The number of nitrogens with zero attached hydrogens (tertiary/aromatic N) is 6. The maximum Gasteiger partial charge on any atom is 0.266 e. The normalized spacial score (nSPS) is 14.7. The minimum absolute atomic E-state index is 0.0660. The molecule has 5 heterocycles. The standard InChI is InChI=1S/C24H24N6O2/c31-23-5-4-22(19-6-8-25-9-7-19)26-30(23)16-13-27-11-14-28(15-12-27)24(32)20-17-21-3-1-2-10-29(21)18-20/h1-10,17-18H,11-16H2. The predicted molar refractivity (Wildman–Crippen MR) is 121 cm³/mol. The second-order valence-corrected chi connectivity index (χ2v) is 7.91. The van der Waals surface area contributed by atoms with E-state index < -0.39 is 0 Å². The van der Waals surface area contributed by atoms with Crippen molar-refractivity contribution >= 4 is 11.4 Å². The lowest BCUT2D eigenvalue weighted by molar-refractivity contribution is 0.0631. The molecule has 0 bridgehead atoms. The van der Waals surface area contributed by atoms with Crippen molar-refractivity contribution < 1.29 is 4.79 Å². The van der Waals surface area contributed by atoms with E-state index in [4.69, 9.17) is 0 Å². The maximum atomic E-state index is 12.9. The summed E-state index contributed by atoms with van der Waals surface area (Å²) >= 11 is 0.